The topological polar surface area (TPSA) is 34.2 Å². The second-order valence-corrected chi connectivity index (χ2v) is 6.81. The first kappa shape index (κ1) is 19.5. The van der Waals surface area contributed by atoms with Crippen molar-refractivity contribution >= 4 is 0 Å². The minimum atomic E-state index is 0.720. The van der Waals surface area contributed by atoms with E-state index in [1.165, 1.54) is 5.56 Å². The van der Waals surface area contributed by atoms with Crippen LogP contribution in [0.15, 0.2) is 48.5 Å². The van der Waals surface area contributed by atoms with Gasteiger partial charge >= 0.3 is 0 Å². The molecule has 2 aromatic carbocycles. The standard InChI is InChI=1S/C22H30N2O3/c1-25-20-5-3-19(4-6-20)11-12-23-13-15-24(16-14-23)17-18-27-22-9-7-21(26-2)8-10-22/h3-10H,11-18H2,1-2H3. The average Bonchev–Trinajstić information content (AvgIpc) is 2.74. The smallest absolute Gasteiger partial charge is 0.119 e. The van der Waals surface area contributed by atoms with Gasteiger partial charge in [0, 0.05) is 39.3 Å². The Morgan fingerprint density at radius 1 is 0.667 bits per heavy atom. The van der Waals surface area contributed by atoms with E-state index in [1.54, 1.807) is 14.2 Å². The van der Waals surface area contributed by atoms with Crippen molar-refractivity contribution in [2.45, 2.75) is 6.42 Å². The Morgan fingerprint density at radius 2 is 1.15 bits per heavy atom. The fourth-order valence-electron chi connectivity index (χ4n) is 3.28. The van der Waals surface area contributed by atoms with Gasteiger partial charge in [0.25, 0.3) is 0 Å². The molecule has 27 heavy (non-hydrogen) atoms. The number of benzene rings is 2. The summed E-state index contributed by atoms with van der Waals surface area (Å²) in [5, 5.41) is 0. The van der Waals surface area contributed by atoms with Crippen LogP contribution in [0, 0.1) is 0 Å². The van der Waals surface area contributed by atoms with Gasteiger partial charge in [-0.3, -0.25) is 4.90 Å². The quantitative estimate of drug-likeness (QED) is 0.678. The van der Waals surface area contributed by atoms with Gasteiger partial charge < -0.3 is 19.1 Å². The van der Waals surface area contributed by atoms with Crippen LogP contribution in [-0.4, -0.2) is 69.9 Å². The Kier molecular flexibility index (Phi) is 7.36. The summed E-state index contributed by atoms with van der Waals surface area (Å²) in [7, 11) is 3.38. The Bertz CT molecular complexity index is 665. The van der Waals surface area contributed by atoms with Gasteiger partial charge in [0.2, 0.25) is 0 Å². The van der Waals surface area contributed by atoms with E-state index in [0.29, 0.717) is 0 Å². The SMILES string of the molecule is COc1ccc(CCN2CCN(CCOc3ccc(OC)cc3)CC2)cc1. The van der Waals surface area contributed by atoms with Crippen molar-refractivity contribution in [2.75, 3.05) is 60.1 Å². The molecule has 0 radical (unpaired) electrons. The highest BCUT2D eigenvalue weighted by atomic mass is 16.5. The molecule has 1 fully saturated rings. The molecule has 0 amide bonds. The van der Waals surface area contributed by atoms with Crippen molar-refractivity contribution in [1.82, 2.24) is 9.80 Å². The Hall–Kier alpha value is -2.24. The number of nitrogens with zero attached hydrogens (tertiary/aromatic N) is 2. The maximum Gasteiger partial charge on any atom is 0.119 e. The molecular weight excluding hydrogens is 340 g/mol. The number of ether oxygens (including phenoxy) is 3. The van der Waals surface area contributed by atoms with E-state index in [0.717, 1.165) is 69.5 Å². The van der Waals surface area contributed by atoms with Crippen molar-refractivity contribution in [3.05, 3.63) is 54.1 Å². The second-order valence-electron chi connectivity index (χ2n) is 6.81. The lowest BCUT2D eigenvalue weighted by atomic mass is 10.1. The summed E-state index contributed by atoms with van der Waals surface area (Å²) < 4.78 is 16.2. The van der Waals surface area contributed by atoms with Gasteiger partial charge in [-0.15, -0.1) is 0 Å². The van der Waals surface area contributed by atoms with E-state index in [4.69, 9.17) is 14.2 Å². The van der Waals surface area contributed by atoms with Gasteiger partial charge in [-0.1, -0.05) is 12.1 Å². The normalized spacial score (nSPS) is 15.5. The van der Waals surface area contributed by atoms with E-state index in [9.17, 15) is 0 Å². The second kappa shape index (κ2) is 10.2. The van der Waals surface area contributed by atoms with Crippen LogP contribution in [0.25, 0.3) is 0 Å². The molecule has 0 aliphatic carbocycles. The highest BCUT2D eigenvalue weighted by Gasteiger charge is 2.16. The average molecular weight is 370 g/mol. The van der Waals surface area contributed by atoms with E-state index in [-0.39, 0.29) is 0 Å². The predicted molar refractivity (Wildman–Crippen MR) is 108 cm³/mol. The number of piperazine rings is 1. The summed E-state index contributed by atoms with van der Waals surface area (Å²) in [5.41, 5.74) is 1.37. The Labute approximate surface area is 162 Å². The van der Waals surface area contributed by atoms with Crippen molar-refractivity contribution in [3.63, 3.8) is 0 Å². The Balaban J connectivity index is 1.31. The molecule has 1 saturated heterocycles. The molecule has 0 N–H and O–H groups in total. The predicted octanol–water partition coefficient (Wildman–Crippen LogP) is 2.94. The first-order chi connectivity index (χ1) is 13.3. The summed E-state index contributed by atoms with van der Waals surface area (Å²) in [6.45, 7) is 7.26. The molecule has 5 heteroatoms. The minimum Gasteiger partial charge on any atom is -0.497 e. The number of methoxy groups -OCH3 is 2. The van der Waals surface area contributed by atoms with E-state index in [1.807, 2.05) is 36.4 Å². The van der Waals surface area contributed by atoms with Crippen LogP contribution >= 0.6 is 0 Å². The molecule has 0 unspecified atom stereocenters. The monoisotopic (exact) mass is 370 g/mol. The van der Waals surface area contributed by atoms with E-state index in [2.05, 4.69) is 21.9 Å². The molecule has 3 rings (SSSR count). The molecule has 0 bridgehead atoms. The Morgan fingerprint density at radius 3 is 1.70 bits per heavy atom. The van der Waals surface area contributed by atoms with Crippen molar-refractivity contribution in [3.8, 4) is 17.2 Å². The zero-order valence-electron chi connectivity index (χ0n) is 16.4. The zero-order valence-corrected chi connectivity index (χ0v) is 16.4. The molecule has 0 spiro atoms. The van der Waals surface area contributed by atoms with Crippen LogP contribution in [0.5, 0.6) is 17.2 Å². The maximum absolute atomic E-state index is 5.84. The summed E-state index contributed by atoms with van der Waals surface area (Å²) in [6.07, 6.45) is 1.09. The summed E-state index contributed by atoms with van der Waals surface area (Å²) in [4.78, 5) is 5.03. The zero-order chi connectivity index (χ0) is 18.9. The van der Waals surface area contributed by atoms with Gasteiger partial charge in [-0.2, -0.15) is 0 Å². The molecule has 2 aromatic rings. The van der Waals surface area contributed by atoms with Gasteiger partial charge in [-0.05, 0) is 48.4 Å². The molecule has 1 aliphatic rings. The van der Waals surface area contributed by atoms with Gasteiger partial charge in [-0.25, -0.2) is 0 Å². The molecule has 1 aliphatic heterocycles. The van der Waals surface area contributed by atoms with Crippen LogP contribution in [0.1, 0.15) is 5.56 Å². The molecule has 0 aromatic heterocycles. The lowest BCUT2D eigenvalue weighted by molar-refractivity contribution is 0.118. The third-order valence-corrected chi connectivity index (χ3v) is 5.08. The molecule has 1 heterocycles. The largest absolute Gasteiger partial charge is 0.497 e. The molecule has 0 atom stereocenters. The van der Waals surface area contributed by atoms with Gasteiger partial charge in [0.05, 0.1) is 14.2 Å². The molecule has 0 saturated carbocycles. The van der Waals surface area contributed by atoms with Crippen LogP contribution in [0.4, 0.5) is 0 Å². The van der Waals surface area contributed by atoms with Crippen LogP contribution < -0.4 is 14.2 Å². The van der Waals surface area contributed by atoms with Gasteiger partial charge in [0.15, 0.2) is 0 Å². The minimum absolute atomic E-state index is 0.720. The highest BCUT2D eigenvalue weighted by molar-refractivity contribution is 5.31. The fourth-order valence-corrected chi connectivity index (χ4v) is 3.28. The van der Waals surface area contributed by atoms with Crippen molar-refractivity contribution in [2.24, 2.45) is 0 Å². The number of hydrogen-bond acceptors (Lipinski definition) is 5. The number of hydrogen-bond donors (Lipinski definition) is 0. The third-order valence-electron chi connectivity index (χ3n) is 5.08. The molecule has 146 valence electrons. The summed E-state index contributed by atoms with van der Waals surface area (Å²) >= 11 is 0. The first-order valence-electron chi connectivity index (χ1n) is 9.61. The maximum atomic E-state index is 5.84. The van der Waals surface area contributed by atoms with Gasteiger partial charge in [0.1, 0.15) is 23.9 Å². The van der Waals surface area contributed by atoms with E-state index < -0.39 is 0 Å². The van der Waals surface area contributed by atoms with Crippen LogP contribution in [0.3, 0.4) is 0 Å². The lowest BCUT2D eigenvalue weighted by Gasteiger charge is -2.34. The van der Waals surface area contributed by atoms with Crippen LogP contribution in [-0.2, 0) is 6.42 Å². The lowest BCUT2D eigenvalue weighted by Crippen LogP contribution is -2.47. The third kappa shape index (κ3) is 6.15. The van der Waals surface area contributed by atoms with E-state index >= 15 is 0 Å². The molecular formula is C22H30N2O3. The highest BCUT2D eigenvalue weighted by Crippen LogP contribution is 2.17. The first-order valence-corrected chi connectivity index (χ1v) is 9.61. The molecule has 5 nitrogen and oxygen atoms in total. The van der Waals surface area contributed by atoms with Crippen molar-refractivity contribution in [1.29, 1.82) is 0 Å². The van der Waals surface area contributed by atoms with Crippen molar-refractivity contribution < 1.29 is 14.2 Å². The summed E-state index contributed by atoms with van der Waals surface area (Å²) in [6, 6.07) is 16.2. The fraction of sp³-hybridized carbons (Fsp3) is 0.455. The number of rotatable bonds is 9. The summed E-state index contributed by atoms with van der Waals surface area (Å²) in [5.74, 6) is 2.67. The van der Waals surface area contributed by atoms with Crippen LogP contribution in [0.2, 0.25) is 0 Å².